The van der Waals surface area contributed by atoms with Gasteiger partial charge in [0, 0.05) is 40.8 Å². The molecule has 7 nitrogen and oxygen atoms in total. The molecule has 35 heavy (non-hydrogen) atoms. The highest BCUT2D eigenvalue weighted by Gasteiger charge is 2.35. The van der Waals surface area contributed by atoms with Gasteiger partial charge >= 0.3 is 0 Å². The van der Waals surface area contributed by atoms with Gasteiger partial charge in [0.25, 0.3) is 11.1 Å². The summed E-state index contributed by atoms with van der Waals surface area (Å²) in [5, 5.41) is 4.02. The van der Waals surface area contributed by atoms with Crippen LogP contribution in [0.25, 0.3) is 17.0 Å². The number of nitrogens with zero attached hydrogens (tertiary/aromatic N) is 2. The molecule has 1 N–H and O–H groups in total. The molecule has 0 saturated carbocycles. The number of ether oxygens (including phenoxy) is 1. The molecule has 1 atom stereocenters. The number of amides is 3. The molecule has 2 saturated heterocycles. The number of para-hydroxylation sites is 1. The molecule has 0 radical (unpaired) electrons. The van der Waals surface area contributed by atoms with Gasteiger partial charge in [0.05, 0.1) is 17.6 Å². The zero-order valence-corrected chi connectivity index (χ0v) is 20.5. The highest BCUT2D eigenvalue weighted by molar-refractivity contribution is 8.18. The van der Waals surface area contributed by atoms with Gasteiger partial charge in [0.2, 0.25) is 5.91 Å². The molecule has 2 aromatic carbocycles. The van der Waals surface area contributed by atoms with Crippen molar-refractivity contribution in [2.45, 2.75) is 32.0 Å². The van der Waals surface area contributed by atoms with Crippen molar-refractivity contribution in [3.05, 3.63) is 75.8 Å². The first-order chi connectivity index (χ1) is 17.0. The molecule has 1 aromatic heterocycles. The van der Waals surface area contributed by atoms with Crippen LogP contribution in [0.2, 0.25) is 5.02 Å². The molecular formula is C26H24ClN3O4S. The standard InChI is InChI=1S/C26H24ClN3O4S/c27-21-9-3-1-6-17(21)15-30-25(32)23(35-26(30)33)12-18-14-29(22-10-4-2-8-20(18)22)16-24(31)28-13-19-7-5-11-34-19/h1-4,6,8-10,12,14,19H,5,7,11,13,15-16H2,(H,28,31)/b23-12-/t19-/m1/s1. The minimum atomic E-state index is -0.356. The Morgan fingerprint density at radius 3 is 2.77 bits per heavy atom. The zero-order chi connectivity index (χ0) is 24.4. The monoisotopic (exact) mass is 509 g/mol. The molecule has 0 spiro atoms. The fourth-order valence-electron chi connectivity index (χ4n) is 4.34. The van der Waals surface area contributed by atoms with Gasteiger partial charge in [-0.3, -0.25) is 19.3 Å². The van der Waals surface area contributed by atoms with E-state index in [0.29, 0.717) is 22.0 Å². The molecule has 0 aliphatic carbocycles. The third kappa shape index (κ3) is 5.15. The Morgan fingerprint density at radius 1 is 1.17 bits per heavy atom. The molecule has 2 aliphatic rings. The zero-order valence-electron chi connectivity index (χ0n) is 18.9. The lowest BCUT2D eigenvalue weighted by molar-refractivity contribution is -0.123. The number of hydrogen-bond acceptors (Lipinski definition) is 5. The van der Waals surface area contributed by atoms with Gasteiger partial charge in [0.1, 0.15) is 6.54 Å². The lowest BCUT2D eigenvalue weighted by Crippen LogP contribution is -2.34. The highest BCUT2D eigenvalue weighted by Crippen LogP contribution is 2.35. The van der Waals surface area contributed by atoms with Crippen LogP contribution >= 0.6 is 23.4 Å². The summed E-state index contributed by atoms with van der Waals surface area (Å²) >= 11 is 7.13. The van der Waals surface area contributed by atoms with Crippen molar-refractivity contribution in [2.24, 2.45) is 0 Å². The number of rotatable bonds is 7. The van der Waals surface area contributed by atoms with E-state index in [1.807, 2.05) is 41.1 Å². The Morgan fingerprint density at radius 2 is 1.97 bits per heavy atom. The smallest absolute Gasteiger partial charge is 0.293 e. The second-order valence-corrected chi connectivity index (χ2v) is 9.93. The van der Waals surface area contributed by atoms with E-state index in [1.54, 1.807) is 24.3 Å². The number of aromatic nitrogens is 1. The van der Waals surface area contributed by atoms with Crippen LogP contribution in [0.5, 0.6) is 0 Å². The number of carbonyl (C=O) groups is 3. The second kappa shape index (κ2) is 10.3. The number of halogens is 1. The lowest BCUT2D eigenvalue weighted by atomic mass is 10.1. The third-order valence-corrected chi connectivity index (χ3v) is 7.41. The van der Waals surface area contributed by atoms with Crippen LogP contribution in [0.15, 0.2) is 59.6 Å². The van der Waals surface area contributed by atoms with Crippen molar-refractivity contribution in [2.75, 3.05) is 13.2 Å². The molecule has 2 fully saturated rings. The molecule has 2 aliphatic heterocycles. The van der Waals surface area contributed by atoms with Gasteiger partial charge in [-0.05, 0) is 48.4 Å². The predicted octanol–water partition coefficient (Wildman–Crippen LogP) is 4.83. The minimum absolute atomic E-state index is 0.0808. The Hall–Kier alpha value is -3.07. The predicted molar refractivity (Wildman–Crippen MR) is 137 cm³/mol. The average Bonchev–Trinajstić information content (AvgIpc) is 3.56. The summed E-state index contributed by atoms with van der Waals surface area (Å²) in [7, 11) is 0. The van der Waals surface area contributed by atoms with Crippen molar-refractivity contribution in [1.29, 1.82) is 0 Å². The Kier molecular flexibility index (Phi) is 6.95. The highest BCUT2D eigenvalue weighted by atomic mass is 35.5. The van der Waals surface area contributed by atoms with Crippen LogP contribution in [0, 0.1) is 0 Å². The quantitative estimate of drug-likeness (QED) is 0.461. The van der Waals surface area contributed by atoms with Crippen molar-refractivity contribution in [1.82, 2.24) is 14.8 Å². The third-order valence-electron chi connectivity index (χ3n) is 6.13. The molecule has 0 bridgehead atoms. The average molecular weight is 510 g/mol. The van der Waals surface area contributed by atoms with Crippen LogP contribution in [0.4, 0.5) is 4.79 Å². The maximum absolute atomic E-state index is 13.1. The van der Waals surface area contributed by atoms with E-state index >= 15 is 0 Å². The number of nitrogens with one attached hydrogen (secondary N) is 1. The van der Waals surface area contributed by atoms with Gasteiger partial charge in [-0.1, -0.05) is 48.0 Å². The van der Waals surface area contributed by atoms with E-state index in [-0.39, 0.29) is 36.2 Å². The van der Waals surface area contributed by atoms with E-state index in [1.165, 1.54) is 4.90 Å². The van der Waals surface area contributed by atoms with Crippen LogP contribution in [0.1, 0.15) is 24.0 Å². The number of thioether (sulfide) groups is 1. The number of hydrogen-bond donors (Lipinski definition) is 1. The van der Waals surface area contributed by atoms with Gasteiger partial charge in [0.15, 0.2) is 0 Å². The Bertz CT molecular complexity index is 1330. The number of imide groups is 1. The molecule has 3 heterocycles. The summed E-state index contributed by atoms with van der Waals surface area (Å²) in [6.07, 6.45) is 5.63. The van der Waals surface area contributed by atoms with E-state index in [0.717, 1.165) is 47.7 Å². The van der Waals surface area contributed by atoms with Crippen LogP contribution in [0.3, 0.4) is 0 Å². The molecule has 5 rings (SSSR count). The summed E-state index contributed by atoms with van der Waals surface area (Å²) < 4.78 is 7.43. The first-order valence-electron chi connectivity index (χ1n) is 11.4. The van der Waals surface area contributed by atoms with Crippen LogP contribution in [-0.4, -0.2) is 45.8 Å². The van der Waals surface area contributed by atoms with Crippen molar-refractivity contribution >= 4 is 57.4 Å². The van der Waals surface area contributed by atoms with Crippen LogP contribution < -0.4 is 5.32 Å². The lowest BCUT2D eigenvalue weighted by Gasteiger charge is -2.13. The number of fused-ring (bicyclic) bond motifs is 1. The Labute approximate surface area is 212 Å². The normalized spacial score (nSPS) is 19.3. The SMILES string of the molecule is O=C(Cn1cc(/C=C2\SC(=O)N(Cc3ccccc3Cl)C2=O)c2ccccc21)NC[C@H]1CCCO1. The molecule has 3 amide bonds. The second-order valence-electron chi connectivity index (χ2n) is 8.53. The van der Waals surface area contributed by atoms with Crippen molar-refractivity contribution in [3.63, 3.8) is 0 Å². The van der Waals surface area contributed by atoms with Crippen molar-refractivity contribution in [3.8, 4) is 0 Å². The number of carbonyl (C=O) groups excluding carboxylic acids is 3. The topological polar surface area (TPSA) is 80.6 Å². The fourth-order valence-corrected chi connectivity index (χ4v) is 5.36. The fraction of sp³-hybridized carbons (Fsp3) is 0.269. The first-order valence-corrected chi connectivity index (χ1v) is 12.6. The maximum Gasteiger partial charge on any atom is 0.293 e. The van der Waals surface area contributed by atoms with Gasteiger partial charge in [-0.15, -0.1) is 0 Å². The summed E-state index contributed by atoms with van der Waals surface area (Å²) in [5.41, 5.74) is 2.36. The van der Waals surface area contributed by atoms with Gasteiger partial charge in [-0.2, -0.15) is 0 Å². The van der Waals surface area contributed by atoms with E-state index in [9.17, 15) is 14.4 Å². The molecule has 0 unspecified atom stereocenters. The maximum atomic E-state index is 13.1. The van der Waals surface area contributed by atoms with Gasteiger partial charge in [-0.25, -0.2) is 0 Å². The van der Waals surface area contributed by atoms with Crippen molar-refractivity contribution < 1.29 is 19.1 Å². The van der Waals surface area contributed by atoms with E-state index in [4.69, 9.17) is 16.3 Å². The first kappa shape index (κ1) is 23.7. The Balaban J connectivity index is 1.35. The molecular weight excluding hydrogens is 486 g/mol. The summed E-state index contributed by atoms with van der Waals surface area (Å²) in [6, 6.07) is 14.8. The number of benzene rings is 2. The summed E-state index contributed by atoms with van der Waals surface area (Å²) in [6.45, 7) is 1.52. The van der Waals surface area contributed by atoms with E-state index < -0.39 is 0 Å². The van der Waals surface area contributed by atoms with Gasteiger partial charge < -0.3 is 14.6 Å². The summed E-state index contributed by atoms with van der Waals surface area (Å²) in [4.78, 5) is 39.8. The molecule has 180 valence electrons. The van der Waals surface area contributed by atoms with E-state index in [2.05, 4.69) is 5.32 Å². The molecule has 3 aromatic rings. The largest absolute Gasteiger partial charge is 0.376 e. The minimum Gasteiger partial charge on any atom is -0.376 e. The summed E-state index contributed by atoms with van der Waals surface area (Å²) in [5.74, 6) is -0.459. The molecule has 9 heteroatoms. The van der Waals surface area contributed by atoms with Crippen LogP contribution in [-0.2, 0) is 27.4 Å².